The molecule has 4 heteroatoms. The molecule has 2 unspecified atom stereocenters. The van der Waals surface area contributed by atoms with Crippen LogP contribution in [0.1, 0.15) is 30.0 Å². The molecule has 3 nitrogen and oxygen atoms in total. The molecule has 0 bridgehead atoms. The first-order valence-corrected chi connectivity index (χ1v) is 6.00. The lowest BCUT2D eigenvalue weighted by molar-refractivity contribution is -0.137. The van der Waals surface area contributed by atoms with Crippen molar-refractivity contribution in [3.63, 3.8) is 0 Å². The average molecular weight is 234 g/mol. The predicted molar refractivity (Wildman–Crippen MR) is 61.8 cm³/mol. The fourth-order valence-corrected chi connectivity index (χ4v) is 2.96. The van der Waals surface area contributed by atoms with Gasteiger partial charge >= 0.3 is 0 Å². The molecule has 1 amide bonds. The first-order valence-electron chi connectivity index (χ1n) is 6.00. The zero-order chi connectivity index (χ0) is 12.0. The van der Waals surface area contributed by atoms with Gasteiger partial charge in [-0.1, -0.05) is 6.07 Å². The lowest BCUT2D eigenvalue weighted by Crippen LogP contribution is -2.51. The van der Waals surface area contributed by atoms with Crippen molar-refractivity contribution in [1.29, 1.82) is 0 Å². The average Bonchev–Trinajstić information content (AvgIpc) is 2.32. The van der Waals surface area contributed by atoms with Crippen LogP contribution < -0.4 is 5.73 Å². The molecule has 1 saturated heterocycles. The van der Waals surface area contributed by atoms with Gasteiger partial charge in [0.25, 0.3) is 0 Å². The van der Waals surface area contributed by atoms with Crippen molar-refractivity contribution in [3.8, 4) is 0 Å². The molecule has 0 aromatic heterocycles. The highest BCUT2D eigenvalue weighted by atomic mass is 19.1. The predicted octanol–water partition coefficient (Wildman–Crippen LogP) is 1.37. The minimum atomic E-state index is -0.215. The Hall–Kier alpha value is -1.42. The van der Waals surface area contributed by atoms with Crippen LogP contribution in [0.4, 0.5) is 4.39 Å². The van der Waals surface area contributed by atoms with E-state index in [1.54, 1.807) is 12.1 Å². The number of hydrogen-bond donors (Lipinski definition) is 1. The van der Waals surface area contributed by atoms with Crippen LogP contribution in [0.2, 0.25) is 0 Å². The van der Waals surface area contributed by atoms with Crippen LogP contribution in [0.25, 0.3) is 0 Å². The van der Waals surface area contributed by atoms with E-state index in [1.807, 2.05) is 4.90 Å². The second-order valence-electron chi connectivity index (χ2n) is 4.83. The molecule has 0 aliphatic carbocycles. The van der Waals surface area contributed by atoms with Crippen LogP contribution in [-0.4, -0.2) is 23.4 Å². The van der Waals surface area contributed by atoms with Crippen LogP contribution in [-0.2, 0) is 11.2 Å². The maximum Gasteiger partial charge on any atom is 0.223 e. The largest absolute Gasteiger partial charge is 0.334 e. The van der Waals surface area contributed by atoms with E-state index in [4.69, 9.17) is 5.73 Å². The van der Waals surface area contributed by atoms with E-state index in [9.17, 15) is 9.18 Å². The first-order chi connectivity index (χ1) is 8.16. The van der Waals surface area contributed by atoms with E-state index in [1.165, 1.54) is 6.07 Å². The van der Waals surface area contributed by atoms with E-state index in [0.717, 1.165) is 24.0 Å². The maximum absolute atomic E-state index is 13.2. The highest BCUT2D eigenvalue weighted by molar-refractivity contribution is 5.78. The lowest BCUT2D eigenvalue weighted by Gasteiger charge is -2.43. The topological polar surface area (TPSA) is 46.3 Å². The summed E-state index contributed by atoms with van der Waals surface area (Å²) in [7, 11) is 0. The molecular formula is C13H15FN2O. The van der Waals surface area contributed by atoms with E-state index in [0.29, 0.717) is 13.0 Å². The molecule has 3 rings (SSSR count). The van der Waals surface area contributed by atoms with Gasteiger partial charge in [0.2, 0.25) is 5.91 Å². The number of piperidine rings is 1. The van der Waals surface area contributed by atoms with Crippen LogP contribution in [0.5, 0.6) is 0 Å². The molecule has 17 heavy (non-hydrogen) atoms. The van der Waals surface area contributed by atoms with Crippen LogP contribution in [0.3, 0.4) is 0 Å². The summed E-state index contributed by atoms with van der Waals surface area (Å²) in [6.45, 7) is 0.660. The number of halogens is 1. The number of carbonyl (C=O) groups excluding carboxylic acids is 1. The third-order valence-corrected chi connectivity index (χ3v) is 3.80. The van der Waals surface area contributed by atoms with Gasteiger partial charge in [-0.05, 0) is 36.1 Å². The highest BCUT2D eigenvalue weighted by Crippen LogP contribution is 2.36. The van der Waals surface area contributed by atoms with E-state index >= 15 is 0 Å². The second kappa shape index (κ2) is 3.81. The number of nitrogens with zero attached hydrogens (tertiary/aromatic N) is 1. The number of nitrogens with two attached hydrogens (primary N) is 1. The standard InChI is InChI=1S/C13H15FN2O/c14-9-1-2-10-8(7-9)5-6-16-12(17)4-3-11(15)13(10)16/h1-2,7,11,13H,3-6,15H2. The molecule has 2 aliphatic rings. The fourth-order valence-electron chi connectivity index (χ4n) is 2.96. The number of carbonyl (C=O) groups is 1. The zero-order valence-corrected chi connectivity index (χ0v) is 9.53. The van der Waals surface area contributed by atoms with Gasteiger partial charge in [0.05, 0.1) is 6.04 Å². The molecule has 1 aromatic rings. The van der Waals surface area contributed by atoms with Gasteiger partial charge in [0.1, 0.15) is 5.82 Å². The van der Waals surface area contributed by atoms with Crippen molar-refractivity contribution in [2.75, 3.05) is 6.54 Å². The van der Waals surface area contributed by atoms with Crippen LogP contribution in [0, 0.1) is 5.82 Å². The third-order valence-electron chi connectivity index (χ3n) is 3.80. The number of hydrogen-bond acceptors (Lipinski definition) is 2. The van der Waals surface area contributed by atoms with Crippen molar-refractivity contribution in [2.24, 2.45) is 5.73 Å². The van der Waals surface area contributed by atoms with Crippen LogP contribution in [0.15, 0.2) is 18.2 Å². The molecule has 2 atom stereocenters. The number of fused-ring (bicyclic) bond motifs is 3. The Morgan fingerprint density at radius 2 is 2.18 bits per heavy atom. The summed E-state index contributed by atoms with van der Waals surface area (Å²) in [5.41, 5.74) is 8.14. The van der Waals surface area contributed by atoms with Gasteiger partial charge < -0.3 is 10.6 Å². The van der Waals surface area contributed by atoms with Crippen molar-refractivity contribution < 1.29 is 9.18 Å². The Labute approximate surface area is 99.4 Å². The summed E-state index contributed by atoms with van der Waals surface area (Å²) >= 11 is 0. The van der Waals surface area contributed by atoms with E-state index < -0.39 is 0 Å². The van der Waals surface area contributed by atoms with E-state index in [2.05, 4.69) is 0 Å². The molecule has 90 valence electrons. The monoisotopic (exact) mass is 234 g/mol. The van der Waals surface area contributed by atoms with Gasteiger partial charge in [-0.3, -0.25) is 4.79 Å². The summed E-state index contributed by atoms with van der Waals surface area (Å²) in [6, 6.07) is 4.71. The third kappa shape index (κ3) is 1.63. The van der Waals surface area contributed by atoms with Crippen molar-refractivity contribution in [1.82, 2.24) is 4.90 Å². The van der Waals surface area contributed by atoms with Crippen LogP contribution >= 0.6 is 0 Å². The normalized spacial score (nSPS) is 27.6. The maximum atomic E-state index is 13.2. The molecule has 2 heterocycles. The molecule has 0 saturated carbocycles. The number of benzene rings is 1. The van der Waals surface area contributed by atoms with Crippen molar-refractivity contribution in [3.05, 3.63) is 35.1 Å². The number of amides is 1. The van der Waals surface area contributed by atoms with Crippen molar-refractivity contribution in [2.45, 2.75) is 31.3 Å². The second-order valence-corrected chi connectivity index (χ2v) is 4.83. The van der Waals surface area contributed by atoms with Gasteiger partial charge in [0.15, 0.2) is 0 Å². The molecule has 0 radical (unpaired) electrons. The summed E-state index contributed by atoms with van der Waals surface area (Å²) in [6.07, 6.45) is 1.98. The molecule has 2 aliphatic heterocycles. The highest BCUT2D eigenvalue weighted by Gasteiger charge is 2.38. The zero-order valence-electron chi connectivity index (χ0n) is 9.53. The SMILES string of the molecule is NC1CCC(=O)N2CCc3cc(F)ccc3C12. The fraction of sp³-hybridized carbons (Fsp3) is 0.462. The minimum absolute atomic E-state index is 0.0304. The summed E-state index contributed by atoms with van der Waals surface area (Å²) < 4.78 is 13.2. The molecule has 1 aromatic carbocycles. The van der Waals surface area contributed by atoms with Gasteiger partial charge in [-0.15, -0.1) is 0 Å². The minimum Gasteiger partial charge on any atom is -0.334 e. The first kappa shape index (κ1) is 10.7. The van der Waals surface area contributed by atoms with Gasteiger partial charge in [-0.2, -0.15) is 0 Å². The molecule has 1 fully saturated rings. The van der Waals surface area contributed by atoms with Gasteiger partial charge in [-0.25, -0.2) is 4.39 Å². The Bertz CT molecular complexity index is 474. The quantitative estimate of drug-likeness (QED) is 0.737. The van der Waals surface area contributed by atoms with E-state index in [-0.39, 0.29) is 23.8 Å². The van der Waals surface area contributed by atoms with Gasteiger partial charge in [0, 0.05) is 19.0 Å². The Balaban J connectivity index is 2.06. The molecule has 2 N–H and O–H groups in total. The Morgan fingerprint density at radius 1 is 1.35 bits per heavy atom. The lowest BCUT2D eigenvalue weighted by atomic mass is 9.84. The smallest absolute Gasteiger partial charge is 0.223 e. The molecular weight excluding hydrogens is 219 g/mol. The molecule has 0 spiro atoms. The summed E-state index contributed by atoms with van der Waals surface area (Å²) in [4.78, 5) is 13.7. The summed E-state index contributed by atoms with van der Waals surface area (Å²) in [5.74, 6) is -0.0421. The Kier molecular flexibility index (Phi) is 2.40. The summed E-state index contributed by atoms with van der Waals surface area (Å²) in [5, 5.41) is 0. The number of rotatable bonds is 0. The van der Waals surface area contributed by atoms with Crippen molar-refractivity contribution >= 4 is 5.91 Å². The Morgan fingerprint density at radius 3 is 3.00 bits per heavy atom.